The fourth-order valence-corrected chi connectivity index (χ4v) is 2.55. The predicted molar refractivity (Wildman–Crippen MR) is 80.9 cm³/mol. The van der Waals surface area contributed by atoms with Crippen LogP contribution >= 0.6 is 0 Å². The summed E-state index contributed by atoms with van der Waals surface area (Å²) in [5, 5.41) is 0. The molecule has 0 radical (unpaired) electrons. The second-order valence-corrected chi connectivity index (χ2v) is 5.94. The van der Waals surface area contributed by atoms with Crippen LogP contribution < -0.4 is 4.74 Å². The minimum atomic E-state index is -4.49. The van der Waals surface area contributed by atoms with Crippen molar-refractivity contribution >= 4 is 5.91 Å². The van der Waals surface area contributed by atoms with Gasteiger partial charge in [0.2, 0.25) is 5.88 Å². The average Bonchev–Trinajstić information content (AvgIpc) is 2.52. The van der Waals surface area contributed by atoms with Crippen molar-refractivity contribution in [2.24, 2.45) is 0 Å². The maximum absolute atomic E-state index is 13.0. The number of amides is 1. The van der Waals surface area contributed by atoms with E-state index in [-0.39, 0.29) is 24.2 Å². The van der Waals surface area contributed by atoms with Crippen molar-refractivity contribution in [3.8, 4) is 5.88 Å². The normalized spacial score (nSPS) is 18.5. The van der Waals surface area contributed by atoms with Gasteiger partial charge in [-0.05, 0) is 38.8 Å². The molecular formula is C16H21F3N2O3. The fourth-order valence-electron chi connectivity index (χ4n) is 2.55. The van der Waals surface area contributed by atoms with E-state index in [2.05, 4.69) is 4.98 Å². The second kappa shape index (κ2) is 7.83. The maximum Gasteiger partial charge on any atom is 0.406 e. The summed E-state index contributed by atoms with van der Waals surface area (Å²) in [7, 11) is 0. The zero-order chi connectivity index (χ0) is 17.7. The maximum atomic E-state index is 13.0. The Kier molecular flexibility index (Phi) is 6.04. The van der Waals surface area contributed by atoms with Gasteiger partial charge < -0.3 is 14.4 Å². The molecule has 2 heterocycles. The quantitative estimate of drug-likeness (QED) is 0.822. The molecular weight excluding hydrogens is 325 g/mol. The average molecular weight is 346 g/mol. The first-order valence-corrected chi connectivity index (χ1v) is 7.85. The minimum absolute atomic E-state index is 0.0287. The zero-order valence-corrected chi connectivity index (χ0v) is 13.7. The molecule has 1 aliphatic rings. The van der Waals surface area contributed by atoms with Gasteiger partial charge in [0.15, 0.2) is 0 Å². The van der Waals surface area contributed by atoms with E-state index in [1.54, 1.807) is 13.8 Å². The zero-order valence-electron chi connectivity index (χ0n) is 13.7. The number of carbonyl (C=O) groups is 1. The van der Waals surface area contributed by atoms with Crippen molar-refractivity contribution in [1.29, 1.82) is 0 Å². The highest BCUT2D eigenvalue weighted by molar-refractivity contribution is 5.96. The molecule has 8 heteroatoms. The van der Waals surface area contributed by atoms with Crippen LogP contribution in [0.25, 0.3) is 0 Å². The Labute approximate surface area is 138 Å². The Hall–Kier alpha value is -1.83. The first-order valence-electron chi connectivity index (χ1n) is 7.85. The molecule has 1 fully saturated rings. The first-order chi connectivity index (χ1) is 11.3. The molecule has 0 N–H and O–H groups in total. The summed E-state index contributed by atoms with van der Waals surface area (Å²) >= 11 is 0. The van der Waals surface area contributed by atoms with E-state index in [9.17, 15) is 18.0 Å². The Morgan fingerprint density at radius 2 is 2.25 bits per heavy atom. The number of hydrogen-bond acceptors (Lipinski definition) is 4. The summed E-state index contributed by atoms with van der Waals surface area (Å²) in [5.41, 5.74) is 0.0287. The number of nitrogens with zero attached hydrogens (tertiary/aromatic N) is 2. The topological polar surface area (TPSA) is 51.7 Å². The number of aromatic nitrogens is 1. The molecule has 1 aliphatic heterocycles. The van der Waals surface area contributed by atoms with Crippen LogP contribution in [0.15, 0.2) is 18.3 Å². The van der Waals surface area contributed by atoms with Crippen LogP contribution in [0.3, 0.4) is 0 Å². The van der Waals surface area contributed by atoms with Crippen molar-refractivity contribution < 1.29 is 27.4 Å². The fraction of sp³-hybridized carbons (Fsp3) is 0.625. The molecule has 1 aromatic heterocycles. The summed E-state index contributed by atoms with van der Waals surface area (Å²) in [6, 6.07) is 2.32. The van der Waals surface area contributed by atoms with Crippen LogP contribution in [0.5, 0.6) is 5.88 Å². The lowest BCUT2D eigenvalue weighted by molar-refractivity contribution is -0.148. The highest BCUT2D eigenvalue weighted by Crippen LogP contribution is 2.26. The lowest BCUT2D eigenvalue weighted by Crippen LogP contribution is -2.49. The summed E-state index contributed by atoms with van der Waals surface area (Å²) in [6.07, 6.45) is -2.21. The lowest BCUT2D eigenvalue weighted by Gasteiger charge is -2.35. The lowest BCUT2D eigenvalue weighted by atomic mass is 10.1. The highest BCUT2D eigenvalue weighted by Gasteiger charge is 2.38. The van der Waals surface area contributed by atoms with Gasteiger partial charge in [-0.15, -0.1) is 0 Å². The largest absolute Gasteiger partial charge is 0.474 e. The van der Waals surface area contributed by atoms with Gasteiger partial charge in [0.25, 0.3) is 5.91 Å². The van der Waals surface area contributed by atoms with Crippen LogP contribution in [0.2, 0.25) is 0 Å². The molecule has 1 aromatic rings. The van der Waals surface area contributed by atoms with E-state index in [0.29, 0.717) is 19.4 Å². The molecule has 0 spiro atoms. The monoisotopic (exact) mass is 346 g/mol. The molecule has 0 aromatic carbocycles. The third-order valence-corrected chi connectivity index (χ3v) is 3.54. The molecule has 134 valence electrons. The van der Waals surface area contributed by atoms with E-state index in [0.717, 1.165) is 4.90 Å². The summed E-state index contributed by atoms with van der Waals surface area (Å²) in [6.45, 7) is 2.79. The van der Waals surface area contributed by atoms with Crippen LogP contribution in [0.4, 0.5) is 13.2 Å². The SMILES string of the molecule is CC(C)Oc1ncccc1C(=O)N(CC(F)(F)F)[C@H]1CCCOC1. The van der Waals surface area contributed by atoms with Crippen molar-refractivity contribution in [2.75, 3.05) is 19.8 Å². The summed E-state index contributed by atoms with van der Waals surface area (Å²) in [5.74, 6) is -0.701. The van der Waals surface area contributed by atoms with Crippen molar-refractivity contribution in [2.45, 2.75) is 45.0 Å². The van der Waals surface area contributed by atoms with Gasteiger partial charge >= 0.3 is 6.18 Å². The third kappa shape index (κ3) is 5.09. The van der Waals surface area contributed by atoms with Crippen molar-refractivity contribution in [1.82, 2.24) is 9.88 Å². The first kappa shape index (κ1) is 18.5. The predicted octanol–water partition coefficient (Wildman–Crippen LogP) is 3.05. The number of carbonyl (C=O) groups excluding carboxylic acids is 1. The molecule has 0 unspecified atom stereocenters. The van der Waals surface area contributed by atoms with Gasteiger partial charge in [0, 0.05) is 12.8 Å². The molecule has 0 aliphatic carbocycles. The van der Waals surface area contributed by atoms with E-state index >= 15 is 0 Å². The molecule has 1 atom stereocenters. The van der Waals surface area contributed by atoms with Crippen molar-refractivity contribution in [3.05, 3.63) is 23.9 Å². The van der Waals surface area contributed by atoms with Gasteiger partial charge in [-0.25, -0.2) is 4.98 Å². The van der Waals surface area contributed by atoms with Gasteiger partial charge in [-0.2, -0.15) is 13.2 Å². The van der Waals surface area contributed by atoms with E-state index in [1.807, 2.05) is 0 Å². The Balaban J connectivity index is 2.30. The number of ether oxygens (including phenoxy) is 2. The van der Waals surface area contributed by atoms with Crippen LogP contribution in [0.1, 0.15) is 37.0 Å². The van der Waals surface area contributed by atoms with E-state index in [4.69, 9.17) is 9.47 Å². The third-order valence-electron chi connectivity index (χ3n) is 3.54. The van der Waals surface area contributed by atoms with E-state index < -0.39 is 24.7 Å². The molecule has 5 nitrogen and oxygen atoms in total. The van der Waals surface area contributed by atoms with Crippen LogP contribution in [-0.4, -0.2) is 53.9 Å². The Bertz CT molecular complexity index is 558. The van der Waals surface area contributed by atoms with Gasteiger partial charge in [0.05, 0.1) is 18.8 Å². The van der Waals surface area contributed by atoms with Gasteiger partial charge in [-0.3, -0.25) is 4.79 Å². The highest BCUT2D eigenvalue weighted by atomic mass is 19.4. The second-order valence-electron chi connectivity index (χ2n) is 5.94. The Morgan fingerprint density at radius 3 is 2.83 bits per heavy atom. The number of pyridine rings is 1. The standard InChI is InChI=1S/C16H21F3N2O3/c1-11(2)24-14-13(6-3-7-20-14)15(22)21(10-16(17,18)19)12-5-4-8-23-9-12/h3,6-7,11-12H,4-5,8-10H2,1-2H3/t12-/m0/s1. The van der Waals surface area contributed by atoms with Crippen LogP contribution in [0, 0.1) is 0 Å². The molecule has 0 bridgehead atoms. The van der Waals surface area contributed by atoms with Crippen molar-refractivity contribution in [3.63, 3.8) is 0 Å². The molecule has 0 saturated carbocycles. The van der Waals surface area contributed by atoms with Crippen LogP contribution in [-0.2, 0) is 4.74 Å². The number of hydrogen-bond donors (Lipinski definition) is 0. The molecule has 1 amide bonds. The van der Waals surface area contributed by atoms with E-state index in [1.165, 1.54) is 18.3 Å². The number of halogens is 3. The minimum Gasteiger partial charge on any atom is -0.474 e. The number of rotatable bonds is 5. The molecule has 24 heavy (non-hydrogen) atoms. The number of alkyl halides is 3. The summed E-state index contributed by atoms with van der Waals surface area (Å²) in [4.78, 5) is 17.6. The van der Waals surface area contributed by atoms with Gasteiger partial charge in [-0.1, -0.05) is 0 Å². The molecule has 2 rings (SSSR count). The smallest absolute Gasteiger partial charge is 0.406 e. The summed E-state index contributed by atoms with van der Waals surface area (Å²) < 4.78 is 49.6. The Morgan fingerprint density at radius 1 is 1.50 bits per heavy atom. The molecule has 1 saturated heterocycles. The van der Waals surface area contributed by atoms with Gasteiger partial charge in [0.1, 0.15) is 12.1 Å².